The number of hydrogen-bond acceptors (Lipinski definition) is 4. The van der Waals surface area contributed by atoms with Crippen molar-refractivity contribution in [2.75, 3.05) is 52.7 Å². The SMILES string of the molecule is CCNC(=NCC1(CCO)CCCCC1)NCCCOCC1CCOC1.I. The minimum atomic E-state index is 0. The Morgan fingerprint density at radius 1 is 1.26 bits per heavy atom. The Morgan fingerprint density at radius 3 is 2.74 bits per heavy atom. The Hall–Kier alpha value is -0.120. The molecule has 6 nitrogen and oxygen atoms in total. The fourth-order valence-corrected chi connectivity index (χ4v) is 3.96. The van der Waals surface area contributed by atoms with Crippen LogP contribution in [0.4, 0.5) is 0 Å². The molecular weight excluding hydrogens is 457 g/mol. The summed E-state index contributed by atoms with van der Waals surface area (Å²) in [7, 11) is 0. The van der Waals surface area contributed by atoms with Gasteiger partial charge in [-0.1, -0.05) is 19.3 Å². The molecule has 3 N–H and O–H groups in total. The molecule has 1 heterocycles. The van der Waals surface area contributed by atoms with Gasteiger partial charge < -0.3 is 25.2 Å². The van der Waals surface area contributed by atoms with E-state index in [1.165, 1.54) is 32.1 Å². The molecule has 7 heteroatoms. The number of guanidine groups is 1. The largest absolute Gasteiger partial charge is 0.396 e. The first-order valence-electron chi connectivity index (χ1n) is 10.6. The van der Waals surface area contributed by atoms with Crippen LogP contribution in [0.3, 0.4) is 0 Å². The zero-order valence-electron chi connectivity index (χ0n) is 17.0. The van der Waals surface area contributed by atoms with Gasteiger partial charge in [0, 0.05) is 45.4 Å². The van der Waals surface area contributed by atoms with Crippen LogP contribution >= 0.6 is 24.0 Å². The second kappa shape index (κ2) is 14.8. The lowest BCUT2D eigenvalue weighted by Crippen LogP contribution is -2.39. The summed E-state index contributed by atoms with van der Waals surface area (Å²) in [5.41, 5.74) is 0.196. The molecule has 1 aliphatic heterocycles. The topological polar surface area (TPSA) is 75.1 Å². The number of aliphatic hydroxyl groups excluding tert-OH is 1. The third-order valence-electron chi connectivity index (χ3n) is 5.61. The fraction of sp³-hybridized carbons (Fsp3) is 0.950. The molecule has 0 aromatic rings. The maximum Gasteiger partial charge on any atom is 0.191 e. The van der Waals surface area contributed by atoms with Crippen LogP contribution in [0.15, 0.2) is 4.99 Å². The van der Waals surface area contributed by atoms with Gasteiger partial charge in [-0.15, -0.1) is 24.0 Å². The molecule has 2 fully saturated rings. The molecule has 160 valence electrons. The van der Waals surface area contributed by atoms with Gasteiger partial charge in [-0.25, -0.2) is 0 Å². The van der Waals surface area contributed by atoms with Crippen LogP contribution < -0.4 is 10.6 Å². The van der Waals surface area contributed by atoms with Crippen molar-refractivity contribution in [3.63, 3.8) is 0 Å². The number of halogens is 1. The molecule has 2 aliphatic rings. The molecule has 0 spiro atoms. The first kappa shape index (κ1) is 24.9. The van der Waals surface area contributed by atoms with Gasteiger partial charge in [-0.2, -0.15) is 0 Å². The molecule has 1 unspecified atom stereocenters. The predicted octanol–water partition coefficient (Wildman–Crippen LogP) is 2.94. The molecular formula is C20H40IN3O3. The molecule has 1 atom stereocenters. The van der Waals surface area contributed by atoms with E-state index in [9.17, 15) is 5.11 Å². The monoisotopic (exact) mass is 497 g/mol. The molecule has 2 rings (SSSR count). The van der Waals surface area contributed by atoms with Crippen molar-refractivity contribution in [1.82, 2.24) is 10.6 Å². The lowest BCUT2D eigenvalue weighted by atomic mass is 9.72. The highest BCUT2D eigenvalue weighted by Gasteiger charge is 2.31. The maximum absolute atomic E-state index is 9.45. The third-order valence-corrected chi connectivity index (χ3v) is 5.61. The first-order valence-corrected chi connectivity index (χ1v) is 10.6. The Labute approximate surface area is 182 Å². The van der Waals surface area contributed by atoms with Crippen LogP contribution in [-0.4, -0.2) is 63.7 Å². The molecule has 27 heavy (non-hydrogen) atoms. The van der Waals surface area contributed by atoms with Gasteiger partial charge in [0.1, 0.15) is 0 Å². The van der Waals surface area contributed by atoms with Gasteiger partial charge in [0.05, 0.1) is 13.2 Å². The van der Waals surface area contributed by atoms with Gasteiger partial charge in [0.2, 0.25) is 0 Å². The van der Waals surface area contributed by atoms with Crippen LogP contribution in [0, 0.1) is 11.3 Å². The van der Waals surface area contributed by atoms with Crippen molar-refractivity contribution >= 4 is 29.9 Å². The van der Waals surface area contributed by atoms with Gasteiger partial charge in [-0.3, -0.25) is 4.99 Å². The van der Waals surface area contributed by atoms with E-state index in [-0.39, 0.29) is 36.0 Å². The van der Waals surface area contributed by atoms with Crippen molar-refractivity contribution in [3.8, 4) is 0 Å². The minimum absolute atomic E-state index is 0. The molecule has 0 radical (unpaired) electrons. The average molecular weight is 497 g/mol. The Balaban J connectivity index is 0.00000364. The normalized spacial score (nSPS) is 22.3. The highest BCUT2D eigenvalue weighted by Crippen LogP contribution is 2.39. The number of hydrogen-bond donors (Lipinski definition) is 3. The molecule has 1 saturated heterocycles. The lowest BCUT2D eigenvalue weighted by Gasteiger charge is -2.35. The van der Waals surface area contributed by atoms with E-state index < -0.39 is 0 Å². The van der Waals surface area contributed by atoms with Crippen molar-refractivity contribution in [2.45, 2.75) is 58.3 Å². The second-order valence-corrected chi connectivity index (χ2v) is 7.81. The zero-order valence-corrected chi connectivity index (χ0v) is 19.3. The average Bonchev–Trinajstić information content (AvgIpc) is 3.17. The smallest absolute Gasteiger partial charge is 0.191 e. The van der Waals surface area contributed by atoms with E-state index in [0.717, 1.165) is 71.3 Å². The number of ether oxygens (including phenoxy) is 2. The number of nitrogens with one attached hydrogen (secondary N) is 2. The Kier molecular flexibility index (Phi) is 13.7. The van der Waals surface area contributed by atoms with Crippen LogP contribution in [-0.2, 0) is 9.47 Å². The lowest BCUT2D eigenvalue weighted by molar-refractivity contribution is 0.0888. The summed E-state index contributed by atoms with van der Waals surface area (Å²) in [6.07, 6.45) is 9.21. The molecule has 0 aromatic heterocycles. The van der Waals surface area contributed by atoms with Crippen LogP contribution in [0.2, 0.25) is 0 Å². The minimum Gasteiger partial charge on any atom is -0.396 e. The van der Waals surface area contributed by atoms with Gasteiger partial charge in [-0.05, 0) is 44.4 Å². The summed E-state index contributed by atoms with van der Waals surface area (Å²) in [6.45, 7) is 8.21. The molecule has 0 amide bonds. The van der Waals surface area contributed by atoms with Crippen LogP contribution in [0.1, 0.15) is 58.3 Å². The summed E-state index contributed by atoms with van der Waals surface area (Å²) in [6, 6.07) is 0. The fourth-order valence-electron chi connectivity index (χ4n) is 3.96. The van der Waals surface area contributed by atoms with Gasteiger partial charge >= 0.3 is 0 Å². The Morgan fingerprint density at radius 2 is 2.07 bits per heavy atom. The van der Waals surface area contributed by atoms with E-state index in [1.807, 2.05) is 0 Å². The third kappa shape index (κ3) is 9.76. The molecule has 0 bridgehead atoms. The van der Waals surface area contributed by atoms with Crippen molar-refractivity contribution < 1.29 is 14.6 Å². The highest BCUT2D eigenvalue weighted by molar-refractivity contribution is 14.0. The quantitative estimate of drug-likeness (QED) is 0.177. The van der Waals surface area contributed by atoms with Gasteiger partial charge in [0.15, 0.2) is 5.96 Å². The number of aliphatic imine (C=N–C) groups is 1. The van der Waals surface area contributed by atoms with E-state index in [0.29, 0.717) is 5.92 Å². The Bertz CT molecular complexity index is 392. The number of rotatable bonds is 11. The van der Waals surface area contributed by atoms with E-state index in [1.54, 1.807) is 0 Å². The van der Waals surface area contributed by atoms with E-state index in [2.05, 4.69) is 17.6 Å². The molecule has 0 aromatic carbocycles. The number of aliphatic hydroxyl groups is 1. The summed E-state index contributed by atoms with van der Waals surface area (Å²) in [5.74, 6) is 1.47. The standard InChI is InChI=1S/C20H39N3O3.HI/c1-2-21-19(22-11-6-13-25-15-18-7-14-26-16-18)23-17-20(10-12-24)8-4-3-5-9-20;/h18,24H,2-17H2,1H3,(H2,21,22,23);1H. The summed E-state index contributed by atoms with van der Waals surface area (Å²) < 4.78 is 11.1. The zero-order chi connectivity index (χ0) is 18.5. The van der Waals surface area contributed by atoms with Crippen molar-refractivity contribution in [1.29, 1.82) is 0 Å². The van der Waals surface area contributed by atoms with E-state index >= 15 is 0 Å². The van der Waals surface area contributed by atoms with Crippen molar-refractivity contribution in [2.24, 2.45) is 16.3 Å². The van der Waals surface area contributed by atoms with Crippen LogP contribution in [0.25, 0.3) is 0 Å². The first-order chi connectivity index (χ1) is 12.8. The highest BCUT2D eigenvalue weighted by atomic mass is 127. The summed E-state index contributed by atoms with van der Waals surface area (Å²) in [5, 5.41) is 16.2. The van der Waals surface area contributed by atoms with Crippen LogP contribution in [0.5, 0.6) is 0 Å². The summed E-state index contributed by atoms with van der Waals surface area (Å²) >= 11 is 0. The molecule has 1 saturated carbocycles. The summed E-state index contributed by atoms with van der Waals surface area (Å²) in [4.78, 5) is 4.83. The van der Waals surface area contributed by atoms with Gasteiger partial charge in [0.25, 0.3) is 0 Å². The predicted molar refractivity (Wildman–Crippen MR) is 121 cm³/mol. The second-order valence-electron chi connectivity index (χ2n) is 7.81. The maximum atomic E-state index is 9.45. The van der Waals surface area contributed by atoms with Crippen molar-refractivity contribution in [3.05, 3.63) is 0 Å². The molecule has 1 aliphatic carbocycles. The number of nitrogens with zero attached hydrogens (tertiary/aromatic N) is 1. The van der Waals surface area contributed by atoms with E-state index in [4.69, 9.17) is 14.5 Å².